The Hall–Kier alpha value is -3.26. The number of hydrogen-bond donors (Lipinski definition) is 2. The van der Waals surface area contributed by atoms with E-state index in [-0.39, 0.29) is 19.1 Å². The van der Waals surface area contributed by atoms with Gasteiger partial charge in [0.2, 0.25) is 11.8 Å². The van der Waals surface area contributed by atoms with Crippen LogP contribution in [-0.2, 0) is 9.59 Å². The highest BCUT2D eigenvalue weighted by molar-refractivity contribution is 6.30. The molecule has 0 bridgehead atoms. The third-order valence-corrected chi connectivity index (χ3v) is 4.97. The van der Waals surface area contributed by atoms with Crippen molar-refractivity contribution in [3.63, 3.8) is 0 Å². The molecule has 3 rings (SSSR count). The van der Waals surface area contributed by atoms with Gasteiger partial charge in [-0.25, -0.2) is 0 Å². The molecule has 0 atom stereocenters. The molecular formula is C21H23ClN4O4. The van der Waals surface area contributed by atoms with Crippen molar-refractivity contribution >= 4 is 35.0 Å². The van der Waals surface area contributed by atoms with E-state index in [0.29, 0.717) is 42.5 Å². The average Bonchev–Trinajstić information content (AvgIpc) is 2.76. The minimum absolute atomic E-state index is 0.0965. The lowest BCUT2D eigenvalue weighted by Crippen LogP contribution is -2.51. The van der Waals surface area contributed by atoms with Crippen LogP contribution in [0.1, 0.15) is 10.4 Å². The molecule has 0 unspecified atom stereocenters. The first-order valence-electron chi connectivity index (χ1n) is 9.50. The number of ether oxygens (including phenoxy) is 1. The van der Waals surface area contributed by atoms with Gasteiger partial charge in [0.05, 0.1) is 6.54 Å². The van der Waals surface area contributed by atoms with Gasteiger partial charge in [0.25, 0.3) is 5.91 Å². The molecule has 0 saturated carbocycles. The molecule has 9 heteroatoms. The Labute approximate surface area is 179 Å². The third-order valence-electron chi connectivity index (χ3n) is 4.73. The van der Waals surface area contributed by atoms with Crippen LogP contribution in [0.25, 0.3) is 0 Å². The number of nitrogens with zero attached hydrogens (tertiary/aromatic N) is 2. The highest BCUT2D eigenvalue weighted by Gasteiger charge is 2.21. The van der Waals surface area contributed by atoms with Crippen molar-refractivity contribution in [1.82, 2.24) is 10.2 Å². The number of primary amides is 1. The Balaban J connectivity index is 1.40. The first-order valence-corrected chi connectivity index (χ1v) is 9.88. The van der Waals surface area contributed by atoms with Crippen LogP contribution in [-0.4, -0.2) is 62.0 Å². The summed E-state index contributed by atoms with van der Waals surface area (Å²) in [5.41, 5.74) is 6.53. The smallest absolute Gasteiger partial charge is 0.258 e. The van der Waals surface area contributed by atoms with E-state index in [9.17, 15) is 14.4 Å². The minimum atomic E-state index is -0.578. The first-order chi connectivity index (χ1) is 14.4. The van der Waals surface area contributed by atoms with E-state index < -0.39 is 11.8 Å². The molecule has 3 amide bonds. The highest BCUT2D eigenvalue weighted by Crippen LogP contribution is 2.20. The second kappa shape index (κ2) is 9.98. The van der Waals surface area contributed by atoms with Crippen molar-refractivity contribution in [3.8, 4) is 5.75 Å². The predicted molar refractivity (Wildman–Crippen MR) is 114 cm³/mol. The standard InChI is InChI=1S/C21H23ClN4O4/c22-16-4-2-5-17(12-16)25-7-9-26(10-8-25)20(28)13-24-19(27)14-30-18-6-1-3-15(11-18)21(23)29/h1-6,11-12H,7-10,13-14H2,(H2,23,29)(H,24,27). The van der Waals surface area contributed by atoms with E-state index in [2.05, 4.69) is 10.2 Å². The average molecular weight is 431 g/mol. The summed E-state index contributed by atoms with van der Waals surface area (Å²) in [6.45, 7) is 2.16. The molecule has 0 aromatic heterocycles. The molecule has 3 N–H and O–H groups in total. The highest BCUT2D eigenvalue weighted by atomic mass is 35.5. The van der Waals surface area contributed by atoms with Gasteiger partial charge in [-0.2, -0.15) is 0 Å². The van der Waals surface area contributed by atoms with Crippen LogP contribution < -0.4 is 20.7 Å². The quantitative estimate of drug-likeness (QED) is 0.688. The SMILES string of the molecule is NC(=O)c1cccc(OCC(=O)NCC(=O)N2CCN(c3cccc(Cl)c3)CC2)c1. The zero-order chi connectivity index (χ0) is 21.5. The van der Waals surface area contributed by atoms with Crippen molar-refractivity contribution in [2.75, 3.05) is 44.2 Å². The molecule has 2 aromatic carbocycles. The number of carbonyl (C=O) groups is 3. The van der Waals surface area contributed by atoms with E-state index in [4.69, 9.17) is 22.1 Å². The maximum absolute atomic E-state index is 12.4. The number of nitrogens with one attached hydrogen (secondary N) is 1. The molecule has 1 aliphatic heterocycles. The fourth-order valence-electron chi connectivity index (χ4n) is 3.11. The van der Waals surface area contributed by atoms with Crippen LogP contribution >= 0.6 is 11.6 Å². The third kappa shape index (κ3) is 5.87. The molecule has 1 heterocycles. The lowest BCUT2D eigenvalue weighted by molar-refractivity contribution is -0.133. The van der Waals surface area contributed by atoms with Crippen molar-refractivity contribution in [2.45, 2.75) is 0 Å². The fraction of sp³-hybridized carbons (Fsp3) is 0.286. The van der Waals surface area contributed by atoms with Gasteiger partial charge in [-0.15, -0.1) is 0 Å². The number of anilines is 1. The monoisotopic (exact) mass is 430 g/mol. The summed E-state index contributed by atoms with van der Waals surface area (Å²) in [4.78, 5) is 39.4. The van der Waals surface area contributed by atoms with Gasteiger partial charge in [-0.05, 0) is 36.4 Å². The van der Waals surface area contributed by atoms with Crippen LogP contribution in [0.2, 0.25) is 5.02 Å². The molecule has 30 heavy (non-hydrogen) atoms. The summed E-state index contributed by atoms with van der Waals surface area (Å²) in [7, 11) is 0. The zero-order valence-electron chi connectivity index (χ0n) is 16.3. The number of rotatable bonds is 7. The summed E-state index contributed by atoms with van der Waals surface area (Å²) in [5.74, 6) is -0.800. The van der Waals surface area contributed by atoms with Crippen LogP contribution in [0, 0.1) is 0 Å². The number of carbonyl (C=O) groups excluding carboxylic acids is 3. The second-order valence-corrected chi connectivity index (χ2v) is 7.24. The Bertz CT molecular complexity index is 929. The summed E-state index contributed by atoms with van der Waals surface area (Å²) in [6.07, 6.45) is 0. The maximum atomic E-state index is 12.4. The summed E-state index contributed by atoms with van der Waals surface area (Å²) >= 11 is 6.04. The molecule has 8 nitrogen and oxygen atoms in total. The molecule has 1 saturated heterocycles. The van der Waals surface area contributed by atoms with E-state index in [1.54, 1.807) is 23.1 Å². The predicted octanol–water partition coefficient (Wildman–Crippen LogP) is 1.28. The molecule has 1 fully saturated rings. The van der Waals surface area contributed by atoms with Crippen molar-refractivity contribution in [1.29, 1.82) is 0 Å². The minimum Gasteiger partial charge on any atom is -0.484 e. The topological polar surface area (TPSA) is 105 Å². The Morgan fingerprint density at radius 1 is 1.03 bits per heavy atom. The Morgan fingerprint density at radius 3 is 2.47 bits per heavy atom. The van der Waals surface area contributed by atoms with Gasteiger partial charge in [-0.3, -0.25) is 14.4 Å². The van der Waals surface area contributed by atoms with E-state index in [1.165, 1.54) is 6.07 Å². The fourth-order valence-corrected chi connectivity index (χ4v) is 3.30. The molecule has 158 valence electrons. The zero-order valence-corrected chi connectivity index (χ0v) is 17.1. The van der Waals surface area contributed by atoms with E-state index >= 15 is 0 Å². The maximum Gasteiger partial charge on any atom is 0.258 e. The first kappa shape index (κ1) is 21.4. The van der Waals surface area contributed by atoms with Gasteiger partial charge in [0, 0.05) is 42.5 Å². The van der Waals surface area contributed by atoms with Crippen LogP contribution in [0.3, 0.4) is 0 Å². The summed E-state index contributed by atoms with van der Waals surface area (Å²) in [5, 5.41) is 3.24. The molecule has 0 spiro atoms. The van der Waals surface area contributed by atoms with Gasteiger partial charge in [0.1, 0.15) is 5.75 Å². The van der Waals surface area contributed by atoms with Crippen LogP contribution in [0.5, 0.6) is 5.75 Å². The number of hydrogen-bond acceptors (Lipinski definition) is 5. The number of amides is 3. The lowest BCUT2D eigenvalue weighted by atomic mass is 10.2. The number of benzene rings is 2. The number of piperazine rings is 1. The van der Waals surface area contributed by atoms with Crippen LogP contribution in [0.4, 0.5) is 5.69 Å². The Morgan fingerprint density at radius 2 is 1.77 bits per heavy atom. The van der Waals surface area contributed by atoms with E-state index in [1.807, 2.05) is 24.3 Å². The molecular weight excluding hydrogens is 408 g/mol. The normalized spacial score (nSPS) is 13.6. The van der Waals surface area contributed by atoms with Gasteiger partial charge < -0.3 is 25.6 Å². The number of halogens is 1. The van der Waals surface area contributed by atoms with E-state index in [0.717, 1.165) is 5.69 Å². The molecule has 2 aromatic rings. The van der Waals surface area contributed by atoms with Gasteiger partial charge in [0.15, 0.2) is 6.61 Å². The second-order valence-electron chi connectivity index (χ2n) is 6.81. The summed E-state index contributed by atoms with van der Waals surface area (Å²) in [6, 6.07) is 13.9. The van der Waals surface area contributed by atoms with Crippen molar-refractivity contribution in [2.24, 2.45) is 5.73 Å². The number of nitrogens with two attached hydrogens (primary N) is 1. The van der Waals surface area contributed by atoms with Gasteiger partial charge >= 0.3 is 0 Å². The lowest BCUT2D eigenvalue weighted by Gasteiger charge is -2.36. The van der Waals surface area contributed by atoms with Gasteiger partial charge in [-0.1, -0.05) is 23.7 Å². The molecule has 0 radical (unpaired) electrons. The molecule has 0 aliphatic carbocycles. The van der Waals surface area contributed by atoms with Crippen LogP contribution in [0.15, 0.2) is 48.5 Å². The largest absolute Gasteiger partial charge is 0.484 e. The van der Waals surface area contributed by atoms with Crippen molar-refractivity contribution in [3.05, 3.63) is 59.1 Å². The Kier molecular flexibility index (Phi) is 7.13. The summed E-state index contributed by atoms with van der Waals surface area (Å²) < 4.78 is 5.35. The molecule has 1 aliphatic rings. The van der Waals surface area contributed by atoms with Crippen molar-refractivity contribution < 1.29 is 19.1 Å².